The second-order valence-electron chi connectivity index (χ2n) is 5.07. The van der Waals surface area contributed by atoms with E-state index in [-0.39, 0.29) is 0 Å². The molecule has 3 nitrogen and oxygen atoms in total. The third kappa shape index (κ3) is 3.89. The van der Waals surface area contributed by atoms with Gasteiger partial charge in [-0.05, 0) is 43.5 Å². The first-order valence-corrected chi connectivity index (χ1v) is 7.30. The minimum Gasteiger partial charge on any atom is -0.396 e. The molecule has 0 bridgehead atoms. The Morgan fingerprint density at radius 3 is 2.63 bits per heavy atom. The van der Waals surface area contributed by atoms with Gasteiger partial charge in [-0.25, -0.2) is 0 Å². The van der Waals surface area contributed by atoms with Crippen LogP contribution >= 0.6 is 23.8 Å². The number of hydrogen-bond acceptors (Lipinski definition) is 3. The summed E-state index contributed by atoms with van der Waals surface area (Å²) in [5, 5.41) is 9.85. The fraction of sp³-hybridized carbons (Fsp3) is 0.500. The highest BCUT2D eigenvalue weighted by molar-refractivity contribution is 7.80. The van der Waals surface area contributed by atoms with Gasteiger partial charge in [0, 0.05) is 23.7 Å². The predicted octanol–water partition coefficient (Wildman–Crippen LogP) is 2.18. The Labute approximate surface area is 124 Å². The van der Waals surface area contributed by atoms with Crippen molar-refractivity contribution in [2.45, 2.75) is 19.4 Å². The second-order valence-corrected chi connectivity index (χ2v) is 5.92. The lowest BCUT2D eigenvalue weighted by Crippen LogP contribution is -2.34. The zero-order chi connectivity index (χ0) is 13.8. The van der Waals surface area contributed by atoms with Crippen molar-refractivity contribution in [3.05, 3.63) is 34.3 Å². The van der Waals surface area contributed by atoms with Crippen molar-refractivity contribution >= 4 is 28.8 Å². The van der Waals surface area contributed by atoms with Gasteiger partial charge in [-0.15, -0.1) is 0 Å². The van der Waals surface area contributed by atoms with Gasteiger partial charge in [0.2, 0.25) is 0 Å². The van der Waals surface area contributed by atoms with E-state index in [0.29, 0.717) is 17.5 Å². The molecule has 19 heavy (non-hydrogen) atoms. The van der Waals surface area contributed by atoms with Crippen molar-refractivity contribution < 1.29 is 5.11 Å². The standard InChI is InChI=1S/C14H19ClN2OS/c15-13-7-11(14(16)19)1-2-12(13)8-17-5-3-10(9-18)4-6-17/h1-2,7,10,18H,3-6,8-9H2,(H2,16,19). The summed E-state index contributed by atoms with van der Waals surface area (Å²) in [5.41, 5.74) is 7.50. The third-order valence-corrected chi connectivity index (χ3v) is 4.28. The van der Waals surface area contributed by atoms with Crippen LogP contribution in [0, 0.1) is 5.92 Å². The maximum absolute atomic E-state index is 9.13. The maximum Gasteiger partial charge on any atom is 0.104 e. The summed E-state index contributed by atoms with van der Waals surface area (Å²) in [7, 11) is 0. The number of rotatable bonds is 4. The van der Waals surface area contributed by atoms with Gasteiger partial charge in [0.15, 0.2) is 0 Å². The summed E-state index contributed by atoms with van der Waals surface area (Å²) >= 11 is 11.2. The molecule has 0 saturated carbocycles. The number of nitrogens with zero attached hydrogens (tertiary/aromatic N) is 1. The van der Waals surface area contributed by atoms with E-state index < -0.39 is 0 Å². The molecule has 0 spiro atoms. The lowest BCUT2D eigenvalue weighted by Gasteiger charge is -2.31. The van der Waals surface area contributed by atoms with E-state index in [2.05, 4.69) is 4.90 Å². The summed E-state index contributed by atoms with van der Waals surface area (Å²) in [6.07, 6.45) is 2.11. The number of nitrogens with two attached hydrogens (primary N) is 1. The van der Waals surface area contributed by atoms with Crippen molar-refractivity contribution in [1.82, 2.24) is 4.90 Å². The van der Waals surface area contributed by atoms with Crippen LogP contribution < -0.4 is 5.73 Å². The van der Waals surface area contributed by atoms with Crippen molar-refractivity contribution in [2.24, 2.45) is 11.7 Å². The van der Waals surface area contributed by atoms with Crippen LogP contribution in [-0.4, -0.2) is 34.7 Å². The highest BCUT2D eigenvalue weighted by Crippen LogP contribution is 2.23. The van der Waals surface area contributed by atoms with Crippen molar-refractivity contribution in [2.75, 3.05) is 19.7 Å². The zero-order valence-electron chi connectivity index (χ0n) is 10.8. The fourth-order valence-electron chi connectivity index (χ4n) is 2.40. The topological polar surface area (TPSA) is 49.5 Å². The van der Waals surface area contributed by atoms with E-state index in [9.17, 15) is 0 Å². The summed E-state index contributed by atoms with van der Waals surface area (Å²) in [6, 6.07) is 5.75. The number of hydrogen-bond donors (Lipinski definition) is 2. The molecule has 0 atom stereocenters. The molecule has 0 aromatic heterocycles. The molecule has 1 aromatic carbocycles. The number of aliphatic hydroxyl groups is 1. The Kier molecular flexibility index (Phi) is 5.16. The normalized spacial score (nSPS) is 17.6. The van der Waals surface area contributed by atoms with Crippen LogP contribution in [0.5, 0.6) is 0 Å². The van der Waals surface area contributed by atoms with Gasteiger partial charge < -0.3 is 10.8 Å². The fourth-order valence-corrected chi connectivity index (χ4v) is 2.76. The number of thiocarbonyl (C=S) groups is 1. The minimum atomic E-state index is 0.303. The highest BCUT2D eigenvalue weighted by Gasteiger charge is 2.19. The van der Waals surface area contributed by atoms with E-state index in [1.54, 1.807) is 0 Å². The molecule has 5 heteroatoms. The molecule has 1 aliphatic heterocycles. The molecular weight excluding hydrogens is 280 g/mol. The molecule has 2 rings (SSSR count). The maximum atomic E-state index is 9.13. The Morgan fingerprint density at radius 1 is 1.42 bits per heavy atom. The van der Waals surface area contributed by atoms with Gasteiger partial charge in [0.25, 0.3) is 0 Å². The van der Waals surface area contributed by atoms with Crippen LogP contribution in [0.15, 0.2) is 18.2 Å². The van der Waals surface area contributed by atoms with Gasteiger partial charge in [-0.3, -0.25) is 4.90 Å². The first kappa shape index (κ1) is 14.7. The van der Waals surface area contributed by atoms with Gasteiger partial charge in [0.05, 0.1) is 0 Å². The van der Waals surface area contributed by atoms with E-state index in [4.69, 9.17) is 34.7 Å². The van der Waals surface area contributed by atoms with Crippen molar-refractivity contribution in [1.29, 1.82) is 0 Å². The van der Waals surface area contributed by atoms with Gasteiger partial charge in [0.1, 0.15) is 4.99 Å². The molecule has 0 unspecified atom stereocenters. The van der Waals surface area contributed by atoms with Crippen LogP contribution in [0.3, 0.4) is 0 Å². The second kappa shape index (κ2) is 6.66. The minimum absolute atomic E-state index is 0.303. The Balaban J connectivity index is 1.98. The number of halogens is 1. The van der Waals surface area contributed by atoms with Gasteiger partial charge in [-0.2, -0.15) is 0 Å². The first-order valence-electron chi connectivity index (χ1n) is 6.51. The summed E-state index contributed by atoms with van der Waals surface area (Å²) in [5.74, 6) is 0.462. The SMILES string of the molecule is NC(=S)c1ccc(CN2CCC(CO)CC2)c(Cl)c1. The Morgan fingerprint density at radius 2 is 2.11 bits per heavy atom. The van der Waals surface area contributed by atoms with Crippen LogP contribution in [0.25, 0.3) is 0 Å². The van der Waals surface area contributed by atoms with E-state index >= 15 is 0 Å². The molecule has 1 saturated heterocycles. The van der Waals surface area contributed by atoms with Crippen LogP contribution in [0.4, 0.5) is 0 Å². The van der Waals surface area contributed by atoms with Gasteiger partial charge >= 0.3 is 0 Å². The lowest BCUT2D eigenvalue weighted by atomic mass is 9.97. The monoisotopic (exact) mass is 298 g/mol. The summed E-state index contributed by atoms with van der Waals surface area (Å²) < 4.78 is 0. The van der Waals surface area contributed by atoms with E-state index in [1.165, 1.54) is 0 Å². The average Bonchev–Trinajstić information content (AvgIpc) is 2.41. The van der Waals surface area contributed by atoms with Crippen molar-refractivity contribution in [3.63, 3.8) is 0 Å². The van der Waals surface area contributed by atoms with Crippen molar-refractivity contribution in [3.8, 4) is 0 Å². The Hall–Kier alpha value is -0.680. The quantitative estimate of drug-likeness (QED) is 0.837. The van der Waals surface area contributed by atoms with Crippen LogP contribution in [0.2, 0.25) is 5.02 Å². The van der Waals surface area contributed by atoms with Gasteiger partial charge in [-0.1, -0.05) is 36.0 Å². The Bertz CT molecular complexity index is 459. The number of likely N-dealkylation sites (tertiary alicyclic amines) is 1. The molecule has 0 radical (unpaired) electrons. The van der Waals surface area contributed by atoms with Crippen LogP contribution in [-0.2, 0) is 6.54 Å². The van der Waals surface area contributed by atoms with E-state index in [1.807, 2.05) is 18.2 Å². The molecule has 1 fully saturated rings. The molecule has 104 valence electrons. The summed E-state index contributed by atoms with van der Waals surface area (Å²) in [4.78, 5) is 2.74. The molecule has 1 aliphatic rings. The molecule has 1 heterocycles. The molecular formula is C14H19ClN2OS. The smallest absolute Gasteiger partial charge is 0.104 e. The lowest BCUT2D eigenvalue weighted by molar-refractivity contribution is 0.127. The molecule has 3 N–H and O–H groups in total. The molecule has 0 amide bonds. The highest BCUT2D eigenvalue weighted by atomic mass is 35.5. The third-order valence-electron chi connectivity index (χ3n) is 3.70. The number of piperidine rings is 1. The first-order chi connectivity index (χ1) is 9.10. The number of benzene rings is 1. The average molecular weight is 299 g/mol. The van der Waals surface area contributed by atoms with E-state index in [0.717, 1.165) is 48.6 Å². The predicted molar refractivity (Wildman–Crippen MR) is 82.4 cm³/mol. The number of aliphatic hydroxyl groups excluding tert-OH is 1. The largest absolute Gasteiger partial charge is 0.396 e. The molecule has 1 aromatic rings. The van der Waals surface area contributed by atoms with Crippen LogP contribution in [0.1, 0.15) is 24.0 Å². The summed E-state index contributed by atoms with van der Waals surface area (Å²) in [6.45, 7) is 3.17. The zero-order valence-corrected chi connectivity index (χ0v) is 12.4. The molecule has 0 aliphatic carbocycles.